The van der Waals surface area contributed by atoms with Crippen molar-refractivity contribution in [3.63, 3.8) is 0 Å². The Morgan fingerprint density at radius 1 is 1.22 bits per heavy atom. The van der Waals surface area contributed by atoms with Crippen LogP contribution in [-0.2, 0) is 16.1 Å². The van der Waals surface area contributed by atoms with E-state index in [2.05, 4.69) is 4.90 Å². The Balaban J connectivity index is 1.66. The molecule has 23 heavy (non-hydrogen) atoms. The van der Waals surface area contributed by atoms with Crippen molar-refractivity contribution in [1.29, 1.82) is 0 Å². The first-order valence-electron chi connectivity index (χ1n) is 8.49. The van der Waals surface area contributed by atoms with Gasteiger partial charge in [0, 0.05) is 32.6 Å². The molecule has 0 aromatic heterocycles. The standard InChI is InChI=1S/C18H28N2O3/c1-2-18(22)20-10-6-9-19(11-12-20)13-17(21)15-23-14-16-7-4-3-5-8-16/h3-5,7-8,17,21H,2,6,9-15H2,1H3. The number of nitrogens with zero attached hydrogens (tertiary/aromatic N) is 2. The predicted molar refractivity (Wildman–Crippen MR) is 90.0 cm³/mol. The van der Waals surface area contributed by atoms with E-state index in [-0.39, 0.29) is 5.91 Å². The van der Waals surface area contributed by atoms with Crippen LogP contribution in [-0.4, -0.2) is 66.2 Å². The van der Waals surface area contributed by atoms with Crippen molar-refractivity contribution in [2.24, 2.45) is 0 Å². The Hall–Kier alpha value is -1.43. The molecule has 1 saturated heterocycles. The highest BCUT2D eigenvalue weighted by Crippen LogP contribution is 2.07. The molecule has 1 heterocycles. The molecule has 2 rings (SSSR count). The molecule has 1 aliphatic heterocycles. The number of β-amino-alcohol motifs (C(OH)–C–C–N with tert-alkyl or cyclic N) is 1. The number of amides is 1. The van der Waals surface area contributed by atoms with Gasteiger partial charge in [-0.25, -0.2) is 0 Å². The second-order valence-corrected chi connectivity index (χ2v) is 6.04. The zero-order valence-electron chi connectivity index (χ0n) is 14.0. The van der Waals surface area contributed by atoms with Crippen molar-refractivity contribution >= 4 is 5.91 Å². The summed E-state index contributed by atoms with van der Waals surface area (Å²) in [5.74, 6) is 0.221. The fourth-order valence-corrected chi connectivity index (χ4v) is 2.86. The zero-order valence-corrected chi connectivity index (χ0v) is 14.0. The molecule has 1 atom stereocenters. The van der Waals surface area contributed by atoms with Gasteiger partial charge in [-0.05, 0) is 18.5 Å². The quantitative estimate of drug-likeness (QED) is 0.827. The predicted octanol–water partition coefficient (Wildman–Crippen LogP) is 1.51. The van der Waals surface area contributed by atoms with Crippen LogP contribution in [0.2, 0.25) is 0 Å². The molecular weight excluding hydrogens is 292 g/mol. The summed E-state index contributed by atoms with van der Waals surface area (Å²) >= 11 is 0. The Kier molecular flexibility index (Phi) is 7.52. The molecule has 128 valence electrons. The third kappa shape index (κ3) is 6.29. The van der Waals surface area contributed by atoms with E-state index in [4.69, 9.17) is 4.74 Å². The minimum atomic E-state index is -0.493. The molecule has 1 aliphatic rings. The normalized spacial score (nSPS) is 17.7. The summed E-state index contributed by atoms with van der Waals surface area (Å²) in [5.41, 5.74) is 1.11. The molecule has 0 aliphatic carbocycles. The molecule has 1 fully saturated rings. The summed E-state index contributed by atoms with van der Waals surface area (Å²) in [6.07, 6.45) is 1.03. The lowest BCUT2D eigenvalue weighted by molar-refractivity contribution is -0.130. The number of benzene rings is 1. The van der Waals surface area contributed by atoms with Crippen molar-refractivity contribution in [3.8, 4) is 0 Å². The fourth-order valence-electron chi connectivity index (χ4n) is 2.86. The summed E-state index contributed by atoms with van der Waals surface area (Å²) in [6, 6.07) is 9.97. The van der Waals surface area contributed by atoms with Gasteiger partial charge in [-0.2, -0.15) is 0 Å². The third-order valence-electron chi connectivity index (χ3n) is 4.13. The van der Waals surface area contributed by atoms with Crippen molar-refractivity contribution in [3.05, 3.63) is 35.9 Å². The van der Waals surface area contributed by atoms with E-state index in [0.29, 0.717) is 26.2 Å². The maximum atomic E-state index is 11.8. The Labute approximate surface area is 138 Å². The molecule has 1 unspecified atom stereocenters. The summed E-state index contributed by atoms with van der Waals surface area (Å²) in [4.78, 5) is 15.9. The first kappa shape index (κ1) is 17.9. The monoisotopic (exact) mass is 320 g/mol. The average Bonchev–Trinajstić information content (AvgIpc) is 2.81. The van der Waals surface area contributed by atoms with E-state index in [1.54, 1.807) is 0 Å². The number of carbonyl (C=O) groups is 1. The summed E-state index contributed by atoms with van der Waals surface area (Å²) in [6.45, 7) is 6.68. The van der Waals surface area contributed by atoms with Gasteiger partial charge in [-0.3, -0.25) is 9.69 Å². The Morgan fingerprint density at radius 3 is 2.74 bits per heavy atom. The van der Waals surface area contributed by atoms with Crippen LogP contribution >= 0.6 is 0 Å². The third-order valence-corrected chi connectivity index (χ3v) is 4.13. The summed E-state index contributed by atoms with van der Waals surface area (Å²) in [5, 5.41) is 10.1. The number of aliphatic hydroxyl groups is 1. The van der Waals surface area contributed by atoms with E-state index in [9.17, 15) is 9.90 Å². The van der Waals surface area contributed by atoms with E-state index >= 15 is 0 Å². The zero-order chi connectivity index (χ0) is 16.5. The molecule has 0 bridgehead atoms. The molecule has 0 radical (unpaired) electrons. The first-order valence-corrected chi connectivity index (χ1v) is 8.49. The largest absolute Gasteiger partial charge is 0.389 e. The number of ether oxygens (including phenoxy) is 1. The number of rotatable bonds is 7. The maximum Gasteiger partial charge on any atom is 0.222 e. The van der Waals surface area contributed by atoms with Crippen LogP contribution in [0.25, 0.3) is 0 Å². The van der Waals surface area contributed by atoms with Gasteiger partial charge in [0.2, 0.25) is 5.91 Å². The number of carbonyl (C=O) groups excluding carboxylic acids is 1. The Bertz CT molecular complexity index is 467. The molecule has 1 amide bonds. The van der Waals surface area contributed by atoms with Crippen LogP contribution in [0.3, 0.4) is 0 Å². The topological polar surface area (TPSA) is 53.0 Å². The highest BCUT2D eigenvalue weighted by atomic mass is 16.5. The minimum absolute atomic E-state index is 0.221. The number of hydrogen-bond acceptors (Lipinski definition) is 4. The lowest BCUT2D eigenvalue weighted by Crippen LogP contribution is -2.38. The number of hydrogen-bond donors (Lipinski definition) is 1. The second-order valence-electron chi connectivity index (χ2n) is 6.04. The second kappa shape index (κ2) is 9.65. The van der Waals surface area contributed by atoms with Crippen molar-refractivity contribution in [2.75, 3.05) is 39.3 Å². The van der Waals surface area contributed by atoms with Crippen LogP contribution in [0.5, 0.6) is 0 Å². The molecule has 0 spiro atoms. The van der Waals surface area contributed by atoms with Crippen molar-refractivity contribution in [1.82, 2.24) is 9.80 Å². The smallest absolute Gasteiger partial charge is 0.222 e. The van der Waals surface area contributed by atoms with Gasteiger partial charge < -0.3 is 14.7 Å². The van der Waals surface area contributed by atoms with Gasteiger partial charge in [-0.15, -0.1) is 0 Å². The van der Waals surface area contributed by atoms with Crippen molar-refractivity contribution in [2.45, 2.75) is 32.5 Å². The number of aliphatic hydroxyl groups excluding tert-OH is 1. The molecular formula is C18H28N2O3. The minimum Gasteiger partial charge on any atom is -0.389 e. The molecule has 0 saturated carbocycles. The average molecular weight is 320 g/mol. The first-order chi connectivity index (χ1) is 11.2. The lowest BCUT2D eigenvalue weighted by atomic mass is 10.2. The summed E-state index contributed by atoms with van der Waals surface area (Å²) < 4.78 is 5.59. The van der Waals surface area contributed by atoms with Crippen LogP contribution < -0.4 is 0 Å². The highest BCUT2D eigenvalue weighted by Gasteiger charge is 2.19. The maximum absolute atomic E-state index is 11.8. The summed E-state index contributed by atoms with van der Waals surface area (Å²) in [7, 11) is 0. The van der Waals surface area contributed by atoms with Crippen LogP contribution in [0.4, 0.5) is 0 Å². The molecule has 1 N–H and O–H groups in total. The van der Waals surface area contributed by atoms with Gasteiger partial charge in [-0.1, -0.05) is 37.3 Å². The van der Waals surface area contributed by atoms with Crippen LogP contribution in [0.15, 0.2) is 30.3 Å². The van der Waals surface area contributed by atoms with Crippen LogP contribution in [0.1, 0.15) is 25.3 Å². The molecule has 1 aromatic rings. The lowest BCUT2D eigenvalue weighted by Gasteiger charge is -2.24. The molecule has 5 heteroatoms. The van der Waals surface area contributed by atoms with Gasteiger partial charge >= 0.3 is 0 Å². The van der Waals surface area contributed by atoms with Gasteiger partial charge in [0.1, 0.15) is 0 Å². The van der Waals surface area contributed by atoms with Gasteiger partial charge in [0.05, 0.1) is 19.3 Å². The van der Waals surface area contributed by atoms with Gasteiger partial charge in [0.25, 0.3) is 0 Å². The van der Waals surface area contributed by atoms with Crippen molar-refractivity contribution < 1.29 is 14.6 Å². The van der Waals surface area contributed by atoms with E-state index in [0.717, 1.165) is 38.2 Å². The molecule has 5 nitrogen and oxygen atoms in total. The van der Waals surface area contributed by atoms with E-state index in [1.165, 1.54) is 0 Å². The van der Waals surface area contributed by atoms with E-state index < -0.39 is 6.10 Å². The Morgan fingerprint density at radius 2 is 2.00 bits per heavy atom. The fraction of sp³-hybridized carbons (Fsp3) is 0.611. The van der Waals surface area contributed by atoms with Gasteiger partial charge in [0.15, 0.2) is 0 Å². The molecule has 1 aromatic carbocycles. The SMILES string of the molecule is CCC(=O)N1CCCN(CC(O)COCc2ccccc2)CC1. The highest BCUT2D eigenvalue weighted by molar-refractivity contribution is 5.75. The van der Waals surface area contributed by atoms with E-state index in [1.807, 2.05) is 42.2 Å². The van der Waals surface area contributed by atoms with Crippen LogP contribution in [0, 0.1) is 0 Å².